The van der Waals surface area contributed by atoms with Crippen molar-refractivity contribution in [3.05, 3.63) is 48.3 Å². The number of benzene rings is 1. The predicted molar refractivity (Wildman–Crippen MR) is 76.3 cm³/mol. The van der Waals surface area contributed by atoms with E-state index in [4.69, 9.17) is 0 Å². The lowest BCUT2D eigenvalue weighted by Crippen LogP contribution is -2.33. The van der Waals surface area contributed by atoms with E-state index in [0.717, 1.165) is 17.7 Å². The number of aliphatic hydroxyl groups is 1. The van der Waals surface area contributed by atoms with E-state index in [0.29, 0.717) is 0 Å². The summed E-state index contributed by atoms with van der Waals surface area (Å²) >= 11 is 0. The summed E-state index contributed by atoms with van der Waals surface area (Å²) in [4.78, 5) is 0. The van der Waals surface area contributed by atoms with Gasteiger partial charge in [0.2, 0.25) is 0 Å². The Balaban J connectivity index is 2.08. The molecule has 19 heavy (non-hydrogen) atoms. The molecule has 2 aromatic rings. The van der Waals surface area contributed by atoms with Crippen molar-refractivity contribution in [2.45, 2.75) is 32.4 Å². The fourth-order valence-electron chi connectivity index (χ4n) is 2.03. The van der Waals surface area contributed by atoms with Crippen LogP contribution < -0.4 is 5.32 Å². The largest absolute Gasteiger partial charge is 0.395 e. The van der Waals surface area contributed by atoms with Crippen molar-refractivity contribution in [2.24, 2.45) is 0 Å². The first-order chi connectivity index (χ1) is 9.24. The molecule has 1 aromatic heterocycles. The normalized spacial score (nSPS) is 14.3. The summed E-state index contributed by atoms with van der Waals surface area (Å²) in [6, 6.07) is 10.3. The molecule has 0 amide bonds. The van der Waals surface area contributed by atoms with E-state index in [-0.39, 0.29) is 18.7 Å². The van der Waals surface area contributed by atoms with Crippen molar-refractivity contribution in [2.75, 3.05) is 6.61 Å². The molecule has 102 valence electrons. The van der Waals surface area contributed by atoms with Gasteiger partial charge in [-0.25, -0.2) is 4.68 Å². The van der Waals surface area contributed by atoms with Crippen LogP contribution in [0.15, 0.2) is 42.7 Å². The highest BCUT2D eigenvalue weighted by Gasteiger charge is 2.12. The van der Waals surface area contributed by atoms with Crippen LogP contribution in [-0.4, -0.2) is 27.5 Å². The molecule has 1 heterocycles. The summed E-state index contributed by atoms with van der Waals surface area (Å²) < 4.78 is 1.87. The zero-order valence-corrected chi connectivity index (χ0v) is 11.5. The van der Waals surface area contributed by atoms with Crippen molar-refractivity contribution in [1.29, 1.82) is 0 Å². The standard InChI is InChI=1S/C15H21N3O/c1-3-14(11-19)17-12(2)13-9-16-18(10-13)15-7-5-4-6-8-15/h4-10,12,14,17,19H,3,11H2,1-2H3/t12?,14-/m0/s1. The van der Waals surface area contributed by atoms with E-state index < -0.39 is 0 Å². The van der Waals surface area contributed by atoms with Gasteiger partial charge in [-0.05, 0) is 25.5 Å². The Bertz CT molecular complexity index is 491. The number of aromatic nitrogens is 2. The van der Waals surface area contributed by atoms with E-state index in [2.05, 4.69) is 24.3 Å². The lowest BCUT2D eigenvalue weighted by Gasteiger charge is -2.19. The van der Waals surface area contributed by atoms with E-state index in [1.165, 1.54) is 0 Å². The Kier molecular flexibility index (Phi) is 4.71. The van der Waals surface area contributed by atoms with Gasteiger partial charge in [-0.3, -0.25) is 0 Å². The molecule has 0 aliphatic rings. The van der Waals surface area contributed by atoms with Crippen molar-refractivity contribution in [1.82, 2.24) is 15.1 Å². The maximum absolute atomic E-state index is 9.22. The zero-order valence-electron chi connectivity index (χ0n) is 11.5. The monoisotopic (exact) mass is 259 g/mol. The van der Waals surface area contributed by atoms with Crippen LogP contribution in [0.3, 0.4) is 0 Å². The van der Waals surface area contributed by atoms with Crippen molar-refractivity contribution in [3.63, 3.8) is 0 Å². The Hall–Kier alpha value is -1.65. The SMILES string of the molecule is CC[C@@H](CO)NC(C)c1cnn(-c2ccccc2)c1. The average molecular weight is 259 g/mol. The minimum absolute atomic E-state index is 0.134. The quantitative estimate of drug-likeness (QED) is 0.837. The van der Waals surface area contributed by atoms with Crippen LogP contribution in [0.4, 0.5) is 0 Å². The third-order valence-corrected chi connectivity index (χ3v) is 3.32. The van der Waals surface area contributed by atoms with Gasteiger partial charge in [-0.15, -0.1) is 0 Å². The van der Waals surface area contributed by atoms with Crippen molar-refractivity contribution in [3.8, 4) is 5.69 Å². The third-order valence-electron chi connectivity index (χ3n) is 3.32. The molecule has 0 spiro atoms. The highest BCUT2D eigenvalue weighted by Crippen LogP contribution is 2.15. The van der Waals surface area contributed by atoms with Crippen LogP contribution >= 0.6 is 0 Å². The van der Waals surface area contributed by atoms with E-state index in [9.17, 15) is 5.11 Å². The molecule has 1 unspecified atom stereocenters. The second kappa shape index (κ2) is 6.50. The van der Waals surface area contributed by atoms with Gasteiger partial charge in [0.1, 0.15) is 0 Å². The number of nitrogens with one attached hydrogen (secondary N) is 1. The van der Waals surface area contributed by atoms with Gasteiger partial charge in [-0.1, -0.05) is 25.1 Å². The molecular weight excluding hydrogens is 238 g/mol. The fourth-order valence-corrected chi connectivity index (χ4v) is 2.03. The van der Waals surface area contributed by atoms with Crippen molar-refractivity contribution < 1.29 is 5.11 Å². The summed E-state index contributed by atoms with van der Waals surface area (Å²) in [5, 5.41) is 17.0. The zero-order chi connectivity index (χ0) is 13.7. The number of hydrogen-bond donors (Lipinski definition) is 2. The molecule has 4 heteroatoms. The number of hydrogen-bond acceptors (Lipinski definition) is 3. The molecule has 0 aliphatic carbocycles. The molecule has 0 aliphatic heterocycles. The molecule has 2 N–H and O–H groups in total. The Morgan fingerprint density at radius 3 is 2.68 bits per heavy atom. The van der Waals surface area contributed by atoms with Crippen LogP contribution in [0.1, 0.15) is 31.9 Å². The minimum Gasteiger partial charge on any atom is -0.395 e. The molecule has 1 aromatic carbocycles. The van der Waals surface area contributed by atoms with Gasteiger partial charge in [0.25, 0.3) is 0 Å². The summed E-state index contributed by atoms with van der Waals surface area (Å²) in [5.74, 6) is 0. The van der Waals surface area contributed by atoms with Crippen LogP contribution in [0, 0.1) is 0 Å². The molecule has 4 nitrogen and oxygen atoms in total. The molecule has 0 bridgehead atoms. The highest BCUT2D eigenvalue weighted by molar-refractivity contribution is 5.31. The fraction of sp³-hybridized carbons (Fsp3) is 0.400. The molecule has 0 saturated carbocycles. The average Bonchev–Trinajstić information content (AvgIpc) is 2.95. The Labute approximate surface area is 114 Å². The predicted octanol–water partition coefficient (Wildman–Crippen LogP) is 2.29. The van der Waals surface area contributed by atoms with Crippen LogP contribution in [-0.2, 0) is 0 Å². The number of rotatable bonds is 6. The van der Waals surface area contributed by atoms with Gasteiger partial charge in [-0.2, -0.15) is 5.10 Å². The number of nitrogens with zero attached hydrogens (tertiary/aromatic N) is 2. The van der Waals surface area contributed by atoms with Crippen molar-refractivity contribution >= 4 is 0 Å². The van der Waals surface area contributed by atoms with E-state index in [1.54, 1.807) is 0 Å². The minimum atomic E-state index is 0.134. The van der Waals surface area contributed by atoms with Gasteiger partial charge >= 0.3 is 0 Å². The van der Waals surface area contributed by atoms with E-state index in [1.807, 2.05) is 47.4 Å². The first-order valence-electron chi connectivity index (χ1n) is 6.71. The maximum atomic E-state index is 9.22. The molecule has 2 atom stereocenters. The van der Waals surface area contributed by atoms with Crippen LogP contribution in [0.5, 0.6) is 0 Å². The lowest BCUT2D eigenvalue weighted by atomic mass is 10.1. The van der Waals surface area contributed by atoms with Gasteiger partial charge in [0.05, 0.1) is 18.5 Å². The topological polar surface area (TPSA) is 50.1 Å². The second-order valence-electron chi connectivity index (χ2n) is 4.73. The molecule has 0 fully saturated rings. The number of para-hydroxylation sites is 1. The summed E-state index contributed by atoms with van der Waals surface area (Å²) in [6.45, 7) is 4.31. The molecule has 0 radical (unpaired) electrons. The molecular formula is C15H21N3O. The smallest absolute Gasteiger partial charge is 0.0645 e. The lowest BCUT2D eigenvalue weighted by molar-refractivity contribution is 0.230. The van der Waals surface area contributed by atoms with Gasteiger partial charge < -0.3 is 10.4 Å². The van der Waals surface area contributed by atoms with Crippen LogP contribution in [0.25, 0.3) is 5.69 Å². The number of aliphatic hydroxyl groups excluding tert-OH is 1. The van der Waals surface area contributed by atoms with Crippen LogP contribution in [0.2, 0.25) is 0 Å². The molecule has 2 rings (SSSR count). The summed E-state index contributed by atoms with van der Waals surface area (Å²) in [7, 11) is 0. The van der Waals surface area contributed by atoms with E-state index >= 15 is 0 Å². The molecule has 0 saturated heterocycles. The second-order valence-corrected chi connectivity index (χ2v) is 4.73. The summed E-state index contributed by atoms with van der Waals surface area (Å²) in [6.07, 6.45) is 4.81. The Morgan fingerprint density at radius 1 is 1.32 bits per heavy atom. The maximum Gasteiger partial charge on any atom is 0.0645 e. The highest BCUT2D eigenvalue weighted by atomic mass is 16.3. The first kappa shape index (κ1) is 13.8. The van der Waals surface area contributed by atoms with Gasteiger partial charge in [0.15, 0.2) is 0 Å². The first-order valence-corrected chi connectivity index (χ1v) is 6.71. The summed E-state index contributed by atoms with van der Waals surface area (Å²) in [5.41, 5.74) is 2.17. The van der Waals surface area contributed by atoms with Gasteiger partial charge in [0, 0.05) is 23.8 Å². The third kappa shape index (κ3) is 3.43. The Morgan fingerprint density at radius 2 is 2.05 bits per heavy atom.